The van der Waals surface area contributed by atoms with Crippen molar-refractivity contribution in [3.63, 3.8) is 0 Å². The number of likely N-dealkylation sites (tertiary alicyclic amines) is 1. The van der Waals surface area contributed by atoms with Gasteiger partial charge in [0, 0.05) is 19.1 Å². The Labute approximate surface area is 114 Å². The molecular weight excluding hydrogens is 222 g/mol. The van der Waals surface area contributed by atoms with Crippen LogP contribution >= 0.6 is 0 Å². The van der Waals surface area contributed by atoms with Gasteiger partial charge in [0.05, 0.1) is 0 Å². The van der Waals surface area contributed by atoms with Crippen LogP contribution in [0.2, 0.25) is 0 Å². The van der Waals surface area contributed by atoms with E-state index in [-0.39, 0.29) is 0 Å². The lowest BCUT2D eigenvalue weighted by Gasteiger charge is -2.33. The van der Waals surface area contributed by atoms with Crippen LogP contribution in [0.1, 0.15) is 47.0 Å². The molecule has 1 saturated heterocycles. The molecule has 0 saturated carbocycles. The highest BCUT2D eigenvalue weighted by atomic mass is 15.2. The van der Waals surface area contributed by atoms with E-state index in [4.69, 9.17) is 5.73 Å². The van der Waals surface area contributed by atoms with E-state index in [0.29, 0.717) is 5.41 Å². The van der Waals surface area contributed by atoms with Gasteiger partial charge in [0.2, 0.25) is 0 Å². The fourth-order valence-corrected chi connectivity index (χ4v) is 3.38. The highest BCUT2D eigenvalue weighted by molar-refractivity contribution is 4.87. The van der Waals surface area contributed by atoms with Gasteiger partial charge in [-0.3, -0.25) is 4.90 Å². The number of hydrogen-bond donors (Lipinski definition) is 1. The third-order valence-electron chi connectivity index (χ3n) is 4.53. The highest BCUT2D eigenvalue weighted by Crippen LogP contribution is 2.26. The van der Waals surface area contributed by atoms with Gasteiger partial charge in [0.15, 0.2) is 0 Å². The van der Waals surface area contributed by atoms with Crippen LogP contribution in [-0.4, -0.2) is 55.1 Å². The molecule has 0 aromatic heterocycles. The van der Waals surface area contributed by atoms with E-state index in [2.05, 4.69) is 37.5 Å². The Morgan fingerprint density at radius 2 is 1.94 bits per heavy atom. The zero-order valence-corrected chi connectivity index (χ0v) is 12.9. The van der Waals surface area contributed by atoms with Crippen LogP contribution in [0.25, 0.3) is 0 Å². The van der Waals surface area contributed by atoms with Crippen molar-refractivity contribution in [1.29, 1.82) is 0 Å². The first kappa shape index (κ1) is 15.9. The molecule has 0 amide bonds. The molecule has 3 heteroatoms. The van der Waals surface area contributed by atoms with Crippen LogP contribution in [-0.2, 0) is 0 Å². The third-order valence-corrected chi connectivity index (χ3v) is 4.53. The molecule has 0 aromatic carbocycles. The van der Waals surface area contributed by atoms with Crippen molar-refractivity contribution >= 4 is 0 Å². The van der Waals surface area contributed by atoms with Gasteiger partial charge in [-0.1, -0.05) is 34.1 Å². The first-order valence-electron chi connectivity index (χ1n) is 7.75. The summed E-state index contributed by atoms with van der Waals surface area (Å²) in [5.74, 6) is 0. The zero-order chi connectivity index (χ0) is 13.6. The Hall–Kier alpha value is -0.120. The summed E-state index contributed by atoms with van der Waals surface area (Å²) in [4.78, 5) is 5.23. The number of nitrogens with zero attached hydrogens (tertiary/aromatic N) is 2. The van der Waals surface area contributed by atoms with Crippen LogP contribution < -0.4 is 5.73 Å². The second-order valence-electron chi connectivity index (χ2n) is 6.16. The third kappa shape index (κ3) is 4.22. The summed E-state index contributed by atoms with van der Waals surface area (Å²) in [5, 5.41) is 0. The molecule has 2 N–H and O–H groups in total. The second-order valence-corrected chi connectivity index (χ2v) is 6.16. The highest BCUT2D eigenvalue weighted by Gasteiger charge is 2.31. The molecule has 3 nitrogen and oxygen atoms in total. The number of likely N-dealkylation sites (N-methyl/N-ethyl adjacent to an activating group) is 1. The van der Waals surface area contributed by atoms with Crippen LogP contribution in [0.15, 0.2) is 0 Å². The monoisotopic (exact) mass is 255 g/mol. The van der Waals surface area contributed by atoms with Crippen molar-refractivity contribution in [2.24, 2.45) is 11.1 Å². The fraction of sp³-hybridized carbons (Fsp3) is 1.00. The molecule has 1 aliphatic heterocycles. The molecule has 1 fully saturated rings. The average molecular weight is 255 g/mol. The summed E-state index contributed by atoms with van der Waals surface area (Å²) in [7, 11) is 0. The van der Waals surface area contributed by atoms with E-state index in [9.17, 15) is 0 Å². The van der Waals surface area contributed by atoms with Crippen LogP contribution in [0.5, 0.6) is 0 Å². The van der Waals surface area contributed by atoms with Crippen molar-refractivity contribution in [3.8, 4) is 0 Å². The maximum Gasteiger partial charge on any atom is 0.0235 e. The Bertz CT molecular complexity index is 228. The van der Waals surface area contributed by atoms with Crippen molar-refractivity contribution in [3.05, 3.63) is 0 Å². The Morgan fingerprint density at radius 1 is 1.28 bits per heavy atom. The van der Waals surface area contributed by atoms with E-state index in [1.165, 1.54) is 52.0 Å². The molecule has 2 unspecified atom stereocenters. The summed E-state index contributed by atoms with van der Waals surface area (Å²) < 4.78 is 0. The summed E-state index contributed by atoms with van der Waals surface area (Å²) in [6.07, 6.45) is 3.81. The lowest BCUT2D eigenvalue weighted by atomic mass is 9.85. The number of hydrogen-bond acceptors (Lipinski definition) is 3. The molecule has 2 atom stereocenters. The summed E-state index contributed by atoms with van der Waals surface area (Å²) in [5.41, 5.74) is 6.29. The predicted molar refractivity (Wildman–Crippen MR) is 79.8 cm³/mol. The van der Waals surface area contributed by atoms with E-state index in [1.54, 1.807) is 0 Å². The minimum absolute atomic E-state index is 0.312. The molecule has 1 heterocycles. The SMILES string of the molecule is CCCC(C)(CN)CN1CCC(N(CC)CC)C1. The van der Waals surface area contributed by atoms with Crippen LogP contribution in [0.3, 0.4) is 0 Å². The van der Waals surface area contributed by atoms with Gasteiger partial charge in [-0.05, 0) is 44.4 Å². The normalized spacial score (nSPS) is 24.7. The van der Waals surface area contributed by atoms with Crippen molar-refractivity contribution in [2.45, 2.75) is 53.0 Å². The topological polar surface area (TPSA) is 32.5 Å². The van der Waals surface area contributed by atoms with E-state index < -0.39 is 0 Å². The van der Waals surface area contributed by atoms with Crippen molar-refractivity contribution < 1.29 is 0 Å². The molecule has 0 spiro atoms. The minimum Gasteiger partial charge on any atom is -0.330 e. The van der Waals surface area contributed by atoms with Crippen LogP contribution in [0, 0.1) is 5.41 Å². The molecule has 18 heavy (non-hydrogen) atoms. The quantitative estimate of drug-likeness (QED) is 0.721. The van der Waals surface area contributed by atoms with Gasteiger partial charge in [-0.2, -0.15) is 0 Å². The minimum atomic E-state index is 0.312. The van der Waals surface area contributed by atoms with Crippen molar-refractivity contribution in [1.82, 2.24) is 9.80 Å². The summed E-state index contributed by atoms with van der Waals surface area (Å²) in [6.45, 7) is 16.0. The molecule has 0 radical (unpaired) electrons. The van der Waals surface area contributed by atoms with Gasteiger partial charge < -0.3 is 10.6 Å². The van der Waals surface area contributed by atoms with Gasteiger partial charge in [-0.25, -0.2) is 0 Å². The summed E-state index contributed by atoms with van der Waals surface area (Å²) in [6, 6.07) is 0.767. The first-order valence-corrected chi connectivity index (χ1v) is 7.75. The Morgan fingerprint density at radius 3 is 2.44 bits per heavy atom. The maximum atomic E-state index is 5.98. The van der Waals surface area contributed by atoms with Gasteiger partial charge in [-0.15, -0.1) is 0 Å². The molecule has 0 bridgehead atoms. The van der Waals surface area contributed by atoms with E-state index in [0.717, 1.165) is 12.6 Å². The average Bonchev–Trinajstić information content (AvgIpc) is 2.79. The predicted octanol–water partition coefficient (Wildman–Crippen LogP) is 2.17. The van der Waals surface area contributed by atoms with Gasteiger partial charge in [0.1, 0.15) is 0 Å². The smallest absolute Gasteiger partial charge is 0.0235 e. The van der Waals surface area contributed by atoms with Crippen LogP contribution in [0.4, 0.5) is 0 Å². The standard InChI is InChI=1S/C15H33N3/c1-5-9-15(4,12-16)13-17-10-8-14(11-17)18(6-2)7-3/h14H,5-13,16H2,1-4H3. The Kier molecular flexibility index (Phi) is 6.61. The summed E-state index contributed by atoms with van der Waals surface area (Å²) >= 11 is 0. The fourth-order valence-electron chi connectivity index (χ4n) is 3.38. The molecule has 108 valence electrons. The maximum absolute atomic E-state index is 5.98. The van der Waals surface area contributed by atoms with E-state index in [1.807, 2.05) is 0 Å². The lowest BCUT2D eigenvalue weighted by Crippen LogP contribution is -2.42. The number of rotatable bonds is 8. The molecule has 1 aliphatic rings. The Balaban J connectivity index is 2.46. The molecule has 0 aromatic rings. The molecule has 1 rings (SSSR count). The first-order chi connectivity index (χ1) is 8.58. The van der Waals surface area contributed by atoms with Gasteiger partial charge >= 0.3 is 0 Å². The van der Waals surface area contributed by atoms with E-state index >= 15 is 0 Å². The second kappa shape index (κ2) is 7.46. The zero-order valence-electron chi connectivity index (χ0n) is 12.9. The molecule has 0 aliphatic carbocycles. The lowest BCUT2D eigenvalue weighted by molar-refractivity contribution is 0.163. The largest absolute Gasteiger partial charge is 0.330 e. The van der Waals surface area contributed by atoms with Crippen molar-refractivity contribution in [2.75, 3.05) is 39.3 Å². The van der Waals surface area contributed by atoms with Gasteiger partial charge in [0.25, 0.3) is 0 Å². The number of nitrogens with two attached hydrogens (primary N) is 1. The molecular formula is C15H33N3.